The average Bonchev–Trinajstić information content (AvgIpc) is 2.96. The zero-order valence-corrected chi connectivity index (χ0v) is 12.4. The van der Waals surface area contributed by atoms with Crippen LogP contribution >= 0.6 is 11.6 Å². The van der Waals surface area contributed by atoms with Crippen LogP contribution < -0.4 is 0 Å². The Kier molecular flexibility index (Phi) is 4.97. The maximum absolute atomic E-state index is 13.1. The number of carbonyl (C=O) groups is 1. The van der Waals surface area contributed by atoms with Crippen molar-refractivity contribution in [3.63, 3.8) is 0 Å². The molecule has 0 atom stereocenters. The van der Waals surface area contributed by atoms with Crippen LogP contribution in [0.4, 0.5) is 4.39 Å². The number of nitrogens with zero attached hydrogens (tertiary/aromatic N) is 1. The highest BCUT2D eigenvalue weighted by atomic mass is 35.5. The van der Waals surface area contributed by atoms with E-state index in [1.54, 1.807) is 25.1 Å². The van der Waals surface area contributed by atoms with Gasteiger partial charge in [-0.15, -0.1) is 0 Å². The standard InChI is InChI=1S/C16H11ClFNO3/c1-2-21-16(20)11(9-19)7-12-4-6-15(22-12)10-3-5-14(18)13(17)8-10/h3-8H,2H2,1H3/b11-7-. The normalized spacial score (nSPS) is 11.1. The highest BCUT2D eigenvalue weighted by molar-refractivity contribution is 6.31. The Morgan fingerprint density at radius 1 is 1.45 bits per heavy atom. The molecule has 0 N–H and O–H groups in total. The van der Waals surface area contributed by atoms with Crippen molar-refractivity contribution in [2.75, 3.05) is 6.61 Å². The fraction of sp³-hybridized carbons (Fsp3) is 0.125. The molecule has 1 aromatic carbocycles. The molecule has 0 fully saturated rings. The third-order valence-corrected chi connectivity index (χ3v) is 3.02. The van der Waals surface area contributed by atoms with Crippen molar-refractivity contribution in [3.8, 4) is 17.4 Å². The van der Waals surface area contributed by atoms with Gasteiger partial charge in [-0.2, -0.15) is 5.26 Å². The van der Waals surface area contributed by atoms with Crippen molar-refractivity contribution < 1.29 is 18.3 Å². The van der Waals surface area contributed by atoms with Gasteiger partial charge in [0.15, 0.2) is 0 Å². The third-order valence-electron chi connectivity index (χ3n) is 2.73. The Bertz CT molecular complexity index is 774. The van der Waals surface area contributed by atoms with Crippen LogP contribution in [0, 0.1) is 17.1 Å². The van der Waals surface area contributed by atoms with Crippen molar-refractivity contribution >= 4 is 23.6 Å². The second-order valence-electron chi connectivity index (χ2n) is 4.22. The van der Waals surface area contributed by atoms with Crippen LogP contribution in [0.1, 0.15) is 12.7 Å². The van der Waals surface area contributed by atoms with Gasteiger partial charge in [-0.05, 0) is 37.3 Å². The van der Waals surface area contributed by atoms with Gasteiger partial charge in [-0.25, -0.2) is 9.18 Å². The summed E-state index contributed by atoms with van der Waals surface area (Å²) in [5.74, 6) is -0.492. The monoisotopic (exact) mass is 319 g/mol. The maximum Gasteiger partial charge on any atom is 0.349 e. The van der Waals surface area contributed by atoms with Gasteiger partial charge in [-0.3, -0.25) is 0 Å². The third kappa shape index (κ3) is 3.54. The predicted molar refractivity (Wildman–Crippen MR) is 79.3 cm³/mol. The first-order valence-corrected chi connectivity index (χ1v) is 6.77. The van der Waals surface area contributed by atoms with Gasteiger partial charge in [-0.1, -0.05) is 11.6 Å². The number of ether oxygens (including phenoxy) is 1. The number of hydrogen-bond donors (Lipinski definition) is 0. The molecule has 0 unspecified atom stereocenters. The molecule has 22 heavy (non-hydrogen) atoms. The van der Waals surface area contributed by atoms with Crippen LogP contribution in [0.3, 0.4) is 0 Å². The summed E-state index contributed by atoms with van der Waals surface area (Å²) in [6.45, 7) is 1.82. The summed E-state index contributed by atoms with van der Waals surface area (Å²) in [7, 11) is 0. The molecule has 0 aliphatic carbocycles. The van der Waals surface area contributed by atoms with Gasteiger partial charge >= 0.3 is 5.97 Å². The Balaban J connectivity index is 2.29. The van der Waals surface area contributed by atoms with Crippen molar-refractivity contribution in [1.29, 1.82) is 5.26 Å². The van der Waals surface area contributed by atoms with Crippen LogP contribution in [0.25, 0.3) is 17.4 Å². The van der Waals surface area contributed by atoms with Crippen molar-refractivity contribution in [3.05, 3.63) is 52.5 Å². The SMILES string of the molecule is CCOC(=O)/C(C#N)=C\c1ccc(-c2ccc(F)c(Cl)c2)o1. The molecule has 0 aliphatic rings. The van der Waals surface area contributed by atoms with Gasteiger partial charge < -0.3 is 9.15 Å². The predicted octanol–water partition coefficient (Wildman–Crippen LogP) is 4.21. The molecule has 0 aliphatic heterocycles. The lowest BCUT2D eigenvalue weighted by molar-refractivity contribution is -0.137. The van der Waals surface area contributed by atoms with Gasteiger partial charge in [0.1, 0.15) is 29.0 Å². The summed E-state index contributed by atoms with van der Waals surface area (Å²) in [6, 6.07) is 9.16. The molecule has 2 aromatic rings. The van der Waals surface area contributed by atoms with Crippen LogP contribution in [-0.4, -0.2) is 12.6 Å². The lowest BCUT2D eigenvalue weighted by Crippen LogP contribution is -2.05. The molecule has 2 rings (SSSR count). The van der Waals surface area contributed by atoms with Crippen LogP contribution in [0.5, 0.6) is 0 Å². The molecule has 0 saturated heterocycles. The molecule has 0 bridgehead atoms. The smallest absolute Gasteiger partial charge is 0.349 e. The minimum Gasteiger partial charge on any atom is -0.462 e. The Morgan fingerprint density at radius 3 is 2.86 bits per heavy atom. The fourth-order valence-corrected chi connectivity index (χ4v) is 1.90. The second-order valence-corrected chi connectivity index (χ2v) is 4.63. The molecule has 0 spiro atoms. The summed E-state index contributed by atoms with van der Waals surface area (Å²) in [6.07, 6.45) is 1.28. The van der Waals surface area contributed by atoms with E-state index in [0.29, 0.717) is 17.1 Å². The number of rotatable bonds is 4. The topological polar surface area (TPSA) is 63.2 Å². The molecule has 6 heteroatoms. The molecule has 4 nitrogen and oxygen atoms in total. The molecular formula is C16H11ClFNO3. The molecule has 1 heterocycles. The van der Waals surface area contributed by atoms with Gasteiger partial charge in [0.2, 0.25) is 0 Å². The summed E-state index contributed by atoms with van der Waals surface area (Å²) < 4.78 is 23.4. The summed E-state index contributed by atoms with van der Waals surface area (Å²) in [5, 5.41) is 8.94. The zero-order valence-electron chi connectivity index (χ0n) is 11.6. The van der Waals surface area contributed by atoms with Crippen LogP contribution in [0.15, 0.2) is 40.3 Å². The molecule has 112 valence electrons. The number of benzene rings is 1. The van der Waals surface area contributed by atoms with Crippen LogP contribution in [-0.2, 0) is 9.53 Å². The van der Waals surface area contributed by atoms with E-state index in [0.717, 1.165) is 0 Å². The summed E-state index contributed by atoms with van der Waals surface area (Å²) in [5.41, 5.74) is 0.417. The Labute approximate surface area is 131 Å². The first kappa shape index (κ1) is 15.8. The second kappa shape index (κ2) is 6.92. The number of carbonyl (C=O) groups excluding carboxylic acids is 1. The number of halogens is 2. The molecule has 0 amide bonds. The van der Waals surface area contributed by atoms with E-state index in [4.69, 9.17) is 26.0 Å². The first-order chi connectivity index (χ1) is 10.5. The number of nitriles is 1. The highest BCUT2D eigenvalue weighted by Crippen LogP contribution is 2.27. The minimum atomic E-state index is -0.715. The Morgan fingerprint density at radius 2 is 2.23 bits per heavy atom. The van der Waals surface area contributed by atoms with E-state index in [2.05, 4.69) is 0 Å². The zero-order chi connectivity index (χ0) is 16.1. The molecule has 1 aromatic heterocycles. The number of hydrogen-bond acceptors (Lipinski definition) is 4. The summed E-state index contributed by atoms with van der Waals surface area (Å²) in [4.78, 5) is 11.5. The van der Waals surface area contributed by atoms with E-state index in [-0.39, 0.29) is 17.2 Å². The van der Waals surface area contributed by atoms with Crippen molar-refractivity contribution in [2.24, 2.45) is 0 Å². The molecular weight excluding hydrogens is 309 g/mol. The molecule has 0 saturated carbocycles. The van der Waals surface area contributed by atoms with Crippen LogP contribution in [0.2, 0.25) is 5.02 Å². The Hall–Kier alpha value is -2.58. The first-order valence-electron chi connectivity index (χ1n) is 6.39. The van der Waals surface area contributed by atoms with E-state index >= 15 is 0 Å². The largest absolute Gasteiger partial charge is 0.462 e. The lowest BCUT2D eigenvalue weighted by Gasteiger charge is -1.99. The van der Waals surface area contributed by atoms with E-state index in [1.807, 2.05) is 0 Å². The quantitative estimate of drug-likeness (QED) is 0.481. The van der Waals surface area contributed by atoms with Gasteiger partial charge in [0, 0.05) is 11.6 Å². The summed E-state index contributed by atoms with van der Waals surface area (Å²) >= 11 is 5.72. The average molecular weight is 320 g/mol. The lowest BCUT2D eigenvalue weighted by atomic mass is 10.2. The van der Waals surface area contributed by atoms with E-state index < -0.39 is 11.8 Å². The minimum absolute atomic E-state index is 0.0183. The highest BCUT2D eigenvalue weighted by Gasteiger charge is 2.12. The van der Waals surface area contributed by atoms with Gasteiger partial charge in [0.25, 0.3) is 0 Å². The van der Waals surface area contributed by atoms with Gasteiger partial charge in [0.05, 0.1) is 11.6 Å². The van der Waals surface area contributed by atoms with E-state index in [1.165, 1.54) is 24.3 Å². The fourth-order valence-electron chi connectivity index (χ4n) is 1.72. The van der Waals surface area contributed by atoms with Crippen molar-refractivity contribution in [2.45, 2.75) is 6.92 Å². The number of furan rings is 1. The maximum atomic E-state index is 13.1. The molecule has 0 radical (unpaired) electrons. The number of esters is 1. The van der Waals surface area contributed by atoms with E-state index in [9.17, 15) is 9.18 Å². The van der Waals surface area contributed by atoms with Crippen molar-refractivity contribution in [1.82, 2.24) is 0 Å².